The van der Waals surface area contributed by atoms with Crippen LogP contribution in [0.25, 0.3) is 0 Å². The van der Waals surface area contributed by atoms with Crippen LogP contribution in [-0.4, -0.2) is 35.2 Å². The predicted octanol–water partition coefficient (Wildman–Crippen LogP) is 0.728. The summed E-state index contributed by atoms with van der Waals surface area (Å²) < 4.78 is 0. The molecule has 5 N–H and O–H groups in total. The van der Waals surface area contributed by atoms with E-state index in [2.05, 4.69) is 15.6 Å². The number of carbonyl (C=O) groups is 2. The normalized spacial score (nSPS) is 17.6. The molecule has 0 aromatic carbocycles. The van der Waals surface area contributed by atoms with Crippen LogP contribution in [0.2, 0.25) is 0 Å². The third kappa shape index (κ3) is 3.34. The van der Waals surface area contributed by atoms with Crippen molar-refractivity contribution in [1.82, 2.24) is 10.3 Å². The number of anilines is 1. The number of hydrogen-bond donors (Lipinski definition) is 4. The van der Waals surface area contributed by atoms with E-state index in [0.717, 1.165) is 17.7 Å². The fraction of sp³-hybridized carbons (Fsp3) is 0.545. The van der Waals surface area contributed by atoms with Gasteiger partial charge in [0.05, 0.1) is 5.69 Å². The van der Waals surface area contributed by atoms with E-state index in [1.165, 1.54) is 11.3 Å². The van der Waals surface area contributed by atoms with Crippen LogP contribution < -0.4 is 16.4 Å². The molecular weight excluding hydrogens is 268 g/mol. The van der Waals surface area contributed by atoms with Crippen molar-refractivity contribution in [1.29, 1.82) is 0 Å². The lowest BCUT2D eigenvalue weighted by molar-refractivity contribution is -0.139. The Balaban J connectivity index is 1.97. The van der Waals surface area contributed by atoms with Crippen molar-refractivity contribution in [3.05, 3.63) is 10.6 Å². The Morgan fingerprint density at radius 3 is 2.95 bits per heavy atom. The molecule has 2 amide bonds. The van der Waals surface area contributed by atoms with E-state index in [1.807, 2.05) is 0 Å². The quantitative estimate of drug-likeness (QED) is 0.594. The van der Waals surface area contributed by atoms with Crippen LogP contribution in [0.1, 0.15) is 29.3 Å². The number of rotatable bonds is 5. The van der Waals surface area contributed by atoms with Crippen LogP contribution >= 0.6 is 11.3 Å². The zero-order valence-corrected chi connectivity index (χ0v) is 11.1. The number of thiazole rings is 1. The van der Waals surface area contributed by atoms with E-state index in [9.17, 15) is 9.59 Å². The number of aromatic nitrogens is 1. The number of fused-ring (bicyclic) bond motifs is 1. The molecule has 19 heavy (non-hydrogen) atoms. The Morgan fingerprint density at radius 2 is 2.26 bits per heavy atom. The molecule has 1 aromatic heterocycles. The number of aryl methyl sites for hydroxylation is 1. The number of urea groups is 1. The van der Waals surface area contributed by atoms with Gasteiger partial charge in [-0.05, 0) is 19.3 Å². The maximum Gasteiger partial charge on any atom is 0.312 e. The first kappa shape index (κ1) is 13.6. The molecule has 1 unspecified atom stereocenters. The third-order valence-electron chi connectivity index (χ3n) is 2.95. The first-order valence-corrected chi connectivity index (χ1v) is 6.89. The van der Waals surface area contributed by atoms with Gasteiger partial charge in [-0.25, -0.2) is 9.78 Å². The minimum Gasteiger partial charge on any atom is -0.481 e. The summed E-state index contributed by atoms with van der Waals surface area (Å²) in [7, 11) is 0. The van der Waals surface area contributed by atoms with E-state index >= 15 is 0 Å². The van der Waals surface area contributed by atoms with Gasteiger partial charge in [-0.2, -0.15) is 0 Å². The van der Waals surface area contributed by atoms with Crippen molar-refractivity contribution >= 4 is 28.5 Å². The number of amides is 2. The number of aliphatic carboxylic acids is 1. The standard InChI is InChI=1S/C11H16N4O3S/c12-10(18)13-4-5-14-11-15-8-6(9(16)17)2-1-3-7(8)19-11/h6H,1-5H2,(H,14,15)(H,16,17)(H3,12,13,18). The summed E-state index contributed by atoms with van der Waals surface area (Å²) >= 11 is 1.49. The number of hydrogen-bond acceptors (Lipinski definition) is 5. The minimum atomic E-state index is -0.812. The van der Waals surface area contributed by atoms with Gasteiger partial charge in [0, 0.05) is 18.0 Å². The summed E-state index contributed by atoms with van der Waals surface area (Å²) in [5.74, 6) is -1.30. The maximum absolute atomic E-state index is 11.1. The van der Waals surface area contributed by atoms with Gasteiger partial charge < -0.3 is 21.5 Å². The molecular formula is C11H16N4O3S. The topological polar surface area (TPSA) is 117 Å². The average molecular weight is 284 g/mol. The maximum atomic E-state index is 11.1. The molecule has 0 saturated heterocycles. The smallest absolute Gasteiger partial charge is 0.312 e. The van der Waals surface area contributed by atoms with Crippen molar-refractivity contribution in [2.24, 2.45) is 5.73 Å². The number of nitrogens with two attached hydrogens (primary N) is 1. The van der Waals surface area contributed by atoms with Crippen LogP contribution in [0.15, 0.2) is 0 Å². The van der Waals surface area contributed by atoms with E-state index in [1.54, 1.807) is 0 Å². The first-order valence-electron chi connectivity index (χ1n) is 6.07. The molecule has 1 aromatic rings. The molecule has 7 nitrogen and oxygen atoms in total. The number of carboxylic acid groups (broad SMARTS) is 1. The van der Waals surface area contributed by atoms with Gasteiger partial charge in [0.2, 0.25) is 0 Å². The van der Waals surface area contributed by atoms with Crippen molar-refractivity contribution in [2.45, 2.75) is 25.2 Å². The van der Waals surface area contributed by atoms with Gasteiger partial charge in [-0.15, -0.1) is 11.3 Å². The molecule has 1 aliphatic rings. The average Bonchev–Trinajstić information content (AvgIpc) is 2.76. The number of carboxylic acids is 1. The second-order valence-corrected chi connectivity index (χ2v) is 5.41. The monoisotopic (exact) mass is 284 g/mol. The van der Waals surface area contributed by atoms with Crippen molar-refractivity contribution in [2.75, 3.05) is 18.4 Å². The summed E-state index contributed by atoms with van der Waals surface area (Å²) in [6.07, 6.45) is 2.42. The zero-order chi connectivity index (χ0) is 13.8. The molecule has 0 radical (unpaired) electrons. The SMILES string of the molecule is NC(=O)NCCNc1nc2c(s1)CCCC2C(=O)O. The highest BCUT2D eigenvalue weighted by Crippen LogP contribution is 2.36. The number of carbonyl (C=O) groups excluding carboxylic acids is 1. The van der Waals surface area contributed by atoms with Crippen LogP contribution in [0, 0.1) is 0 Å². The Labute approximate surface area is 114 Å². The number of nitrogens with zero attached hydrogens (tertiary/aromatic N) is 1. The second kappa shape index (κ2) is 5.87. The molecule has 1 aliphatic carbocycles. The van der Waals surface area contributed by atoms with Crippen molar-refractivity contribution < 1.29 is 14.7 Å². The highest BCUT2D eigenvalue weighted by atomic mass is 32.1. The molecule has 0 spiro atoms. The van der Waals surface area contributed by atoms with Gasteiger partial charge in [0.25, 0.3) is 0 Å². The molecule has 8 heteroatoms. The molecule has 104 valence electrons. The molecule has 1 heterocycles. The summed E-state index contributed by atoms with van der Waals surface area (Å²) in [6.45, 7) is 0.912. The lowest BCUT2D eigenvalue weighted by Crippen LogP contribution is -2.33. The van der Waals surface area contributed by atoms with E-state index in [-0.39, 0.29) is 0 Å². The van der Waals surface area contributed by atoms with Gasteiger partial charge in [-0.1, -0.05) is 0 Å². The van der Waals surface area contributed by atoms with Crippen molar-refractivity contribution in [3.8, 4) is 0 Å². The fourth-order valence-electron chi connectivity index (χ4n) is 2.09. The Bertz CT molecular complexity index is 488. The van der Waals surface area contributed by atoms with Crippen LogP contribution in [0.4, 0.5) is 9.93 Å². The van der Waals surface area contributed by atoms with Gasteiger partial charge in [-0.3, -0.25) is 4.79 Å². The van der Waals surface area contributed by atoms with E-state index in [0.29, 0.717) is 30.3 Å². The lowest BCUT2D eigenvalue weighted by atomic mass is 9.91. The summed E-state index contributed by atoms with van der Waals surface area (Å²) in [5.41, 5.74) is 5.64. The second-order valence-electron chi connectivity index (χ2n) is 4.33. The largest absolute Gasteiger partial charge is 0.481 e. The van der Waals surface area contributed by atoms with Gasteiger partial charge in [0.1, 0.15) is 5.92 Å². The lowest BCUT2D eigenvalue weighted by Gasteiger charge is -2.16. The number of nitrogens with one attached hydrogen (secondary N) is 2. The molecule has 1 atom stereocenters. The summed E-state index contributed by atoms with van der Waals surface area (Å²) in [6, 6.07) is -0.564. The van der Waals surface area contributed by atoms with E-state index in [4.69, 9.17) is 10.8 Å². The Kier molecular flexibility index (Phi) is 4.20. The molecule has 0 bridgehead atoms. The third-order valence-corrected chi connectivity index (χ3v) is 4.04. The fourth-order valence-corrected chi connectivity index (χ4v) is 3.18. The molecule has 0 saturated carbocycles. The van der Waals surface area contributed by atoms with Crippen LogP contribution in [-0.2, 0) is 11.2 Å². The highest BCUT2D eigenvalue weighted by molar-refractivity contribution is 7.15. The van der Waals surface area contributed by atoms with Crippen molar-refractivity contribution in [3.63, 3.8) is 0 Å². The molecule has 0 fully saturated rings. The minimum absolute atomic E-state index is 0.405. The van der Waals surface area contributed by atoms with Crippen LogP contribution in [0.3, 0.4) is 0 Å². The molecule has 0 aliphatic heterocycles. The van der Waals surface area contributed by atoms with Gasteiger partial charge in [0.15, 0.2) is 5.13 Å². The predicted molar refractivity (Wildman–Crippen MR) is 71.5 cm³/mol. The summed E-state index contributed by atoms with van der Waals surface area (Å²) in [4.78, 5) is 27.0. The number of primary amides is 1. The summed E-state index contributed by atoms with van der Waals surface area (Å²) in [5, 5.41) is 15.4. The van der Waals surface area contributed by atoms with Crippen LogP contribution in [0.5, 0.6) is 0 Å². The molecule has 2 rings (SSSR count). The Hall–Kier alpha value is -1.83. The van der Waals surface area contributed by atoms with Gasteiger partial charge >= 0.3 is 12.0 Å². The highest BCUT2D eigenvalue weighted by Gasteiger charge is 2.29. The van der Waals surface area contributed by atoms with E-state index < -0.39 is 17.9 Å². The first-order chi connectivity index (χ1) is 9.08. The zero-order valence-electron chi connectivity index (χ0n) is 10.3. The Morgan fingerprint density at radius 1 is 1.47 bits per heavy atom.